The summed E-state index contributed by atoms with van der Waals surface area (Å²) < 4.78 is 20.3. The van der Waals surface area contributed by atoms with Crippen LogP contribution in [-0.4, -0.2) is 45.7 Å². The van der Waals surface area contributed by atoms with Gasteiger partial charge in [0.25, 0.3) is 0 Å². The molecule has 0 spiro atoms. The van der Waals surface area contributed by atoms with E-state index in [1.165, 1.54) is 6.92 Å². The van der Waals surface area contributed by atoms with E-state index in [2.05, 4.69) is 26.2 Å². The molecule has 0 bridgehead atoms. The predicted molar refractivity (Wildman–Crippen MR) is 91.4 cm³/mol. The number of carbonyl (C=O) groups is 2. The fourth-order valence-corrected chi connectivity index (χ4v) is 2.82. The number of alkyl halides is 1. The van der Waals surface area contributed by atoms with Crippen molar-refractivity contribution in [3.63, 3.8) is 0 Å². The lowest BCUT2D eigenvalue weighted by molar-refractivity contribution is -0.120. The highest BCUT2D eigenvalue weighted by molar-refractivity contribution is 9.10. The van der Waals surface area contributed by atoms with E-state index in [1.54, 1.807) is 39.0 Å². The van der Waals surface area contributed by atoms with E-state index in [9.17, 15) is 14.0 Å². The van der Waals surface area contributed by atoms with Crippen LogP contribution in [0.2, 0.25) is 0 Å². The molecule has 132 valence electrons. The van der Waals surface area contributed by atoms with Gasteiger partial charge in [0.05, 0.1) is 6.54 Å². The predicted octanol–water partition coefficient (Wildman–Crippen LogP) is 3.52. The lowest BCUT2D eigenvalue weighted by Gasteiger charge is -2.27. The van der Waals surface area contributed by atoms with E-state index in [0.29, 0.717) is 10.4 Å². The fourth-order valence-electron chi connectivity index (χ4n) is 2.48. The Hall–Kier alpha value is -1.70. The number of carbonyl (C=O) groups excluding carboxylic acids is 2. The second-order valence-electron chi connectivity index (χ2n) is 7.08. The lowest BCUT2D eigenvalue weighted by Crippen LogP contribution is -2.45. The molecule has 6 nitrogen and oxygen atoms in total. The molecule has 1 aromatic rings. The number of pyridine rings is 1. The first-order chi connectivity index (χ1) is 11.0. The molecule has 1 aliphatic rings. The quantitative estimate of drug-likeness (QED) is 0.769. The zero-order valence-electron chi connectivity index (χ0n) is 14.1. The Morgan fingerprint density at radius 1 is 1.46 bits per heavy atom. The Labute approximate surface area is 148 Å². The number of halogens is 2. The molecule has 1 fully saturated rings. The molecule has 2 rings (SSSR count). The molecule has 0 aliphatic carbocycles. The van der Waals surface area contributed by atoms with Crippen LogP contribution in [0.15, 0.2) is 22.8 Å². The molecule has 0 radical (unpaired) electrons. The monoisotopic (exact) mass is 401 g/mol. The maximum Gasteiger partial charge on any atom is 0.411 e. The van der Waals surface area contributed by atoms with Crippen LogP contribution in [0.1, 0.15) is 34.1 Å². The van der Waals surface area contributed by atoms with Crippen molar-refractivity contribution < 1.29 is 18.7 Å². The number of aromatic nitrogens is 1. The molecule has 2 heterocycles. The van der Waals surface area contributed by atoms with Crippen LogP contribution in [-0.2, 0) is 9.53 Å². The molecule has 0 saturated carbocycles. The molecule has 2 atom stereocenters. The summed E-state index contributed by atoms with van der Waals surface area (Å²) in [6.45, 7) is 6.34. The molecule has 24 heavy (non-hydrogen) atoms. The number of anilines is 1. The summed E-state index contributed by atoms with van der Waals surface area (Å²) in [5, 5.41) is 2.61. The SMILES string of the molecule is CC1(F)CC(C(=O)Nc2cccc(Br)n2)N(C(=O)OC(C)(C)C)C1. The molecule has 2 amide bonds. The van der Waals surface area contributed by atoms with Gasteiger partial charge in [-0.15, -0.1) is 0 Å². The van der Waals surface area contributed by atoms with Crippen molar-refractivity contribution in [2.24, 2.45) is 0 Å². The Balaban J connectivity index is 2.15. The minimum atomic E-state index is -1.65. The van der Waals surface area contributed by atoms with Gasteiger partial charge in [0, 0.05) is 6.42 Å². The minimum Gasteiger partial charge on any atom is -0.444 e. The zero-order chi connectivity index (χ0) is 18.1. The first-order valence-corrected chi connectivity index (χ1v) is 8.38. The molecule has 0 aromatic carbocycles. The minimum absolute atomic E-state index is 0.0912. The van der Waals surface area contributed by atoms with Gasteiger partial charge in [-0.1, -0.05) is 6.07 Å². The van der Waals surface area contributed by atoms with Crippen LogP contribution in [0.3, 0.4) is 0 Å². The second kappa shape index (κ2) is 6.66. The van der Waals surface area contributed by atoms with Gasteiger partial charge in [0.15, 0.2) is 0 Å². The van der Waals surface area contributed by atoms with E-state index in [1.807, 2.05) is 0 Å². The average molecular weight is 402 g/mol. The summed E-state index contributed by atoms with van der Waals surface area (Å²) in [7, 11) is 0. The molecule has 1 aromatic heterocycles. The summed E-state index contributed by atoms with van der Waals surface area (Å²) in [6, 6.07) is 4.10. The number of amides is 2. The average Bonchev–Trinajstić information content (AvgIpc) is 2.73. The summed E-state index contributed by atoms with van der Waals surface area (Å²) in [5.41, 5.74) is -2.37. The largest absolute Gasteiger partial charge is 0.444 e. The van der Waals surface area contributed by atoms with Crippen LogP contribution in [0.5, 0.6) is 0 Å². The number of ether oxygens (including phenoxy) is 1. The molecule has 2 unspecified atom stereocenters. The van der Waals surface area contributed by atoms with Crippen LogP contribution in [0.25, 0.3) is 0 Å². The Kier molecular flexibility index (Phi) is 5.17. The molecule has 1 aliphatic heterocycles. The third kappa shape index (κ3) is 4.90. The summed E-state index contributed by atoms with van der Waals surface area (Å²) in [6.07, 6.45) is -0.794. The molecule has 1 N–H and O–H groups in total. The van der Waals surface area contributed by atoms with Crippen LogP contribution >= 0.6 is 15.9 Å². The number of nitrogens with one attached hydrogen (secondary N) is 1. The van der Waals surface area contributed by atoms with Gasteiger partial charge in [0.1, 0.15) is 27.7 Å². The van der Waals surface area contributed by atoms with E-state index in [-0.39, 0.29) is 13.0 Å². The number of rotatable bonds is 2. The van der Waals surface area contributed by atoms with Gasteiger partial charge >= 0.3 is 6.09 Å². The van der Waals surface area contributed by atoms with Crippen molar-refractivity contribution in [2.75, 3.05) is 11.9 Å². The van der Waals surface area contributed by atoms with Crippen molar-refractivity contribution in [3.8, 4) is 0 Å². The van der Waals surface area contributed by atoms with Gasteiger partial charge in [-0.25, -0.2) is 14.2 Å². The lowest BCUT2D eigenvalue weighted by atomic mass is 10.0. The highest BCUT2D eigenvalue weighted by Crippen LogP contribution is 2.32. The van der Waals surface area contributed by atoms with E-state index in [4.69, 9.17) is 4.74 Å². The van der Waals surface area contributed by atoms with Crippen LogP contribution < -0.4 is 5.32 Å². The highest BCUT2D eigenvalue weighted by atomic mass is 79.9. The van der Waals surface area contributed by atoms with Gasteiger partial charge in [-0.05, 0) is 55.8 Å². The standard InChI is InChI=1S/C16H21BrFN3O3/c1-15(2,3)24-14(23)21-9-16(4,18)8-10(21)13(22)20-12-7-5-6-11(17)19-12/h5-7,10H,8-9H2,1-4H3,(H,19,20,22). The highest BCUT2D eigenvalue weighted by Gasteiger charge is 2.48. The molecular weight excluding hydrogens is 381 g/mol. The number of likely N-dealkylation sites (tertiary alicyclic amines) is 1. The maximum atomic E-state index is 14.4. The topological polar surface area (TPSA) is 71.5 Å². The van der Waals surface area contributed by atoms with Crippen LogP contribution in [0, 0.1) is 0 Å². The summed E-state index contributed by atoms with van der Waals surface area (Å²) >= 11 is 3.21. The fraction of sp³-hybridized carbons (Fsp3) is 0.562. The van der Waals surface area contributed by atoms with Gasteiger partial charge in [0.2, 0.25) is 5.91 Å². The normalized spacial score (nSPS) is 23.9. The smallest absolute Gasteiger partial charge is 0.411 e. The third-order valence-electron chi connectivity index (χ3n) is 3.39. The third-order valence-corrected chi connectivity index (χ3v) is 3.83. The Morgan fingerprint density at radius 2 is 2.12 bits per heavy atom. The van der Waals surface area contributed by atoms with Crippen molar-refractivity contribution in [1.82, 2.24) is 9.88 Å². The number of hydrogen-bond donors (Lipinski definition) is 1. The zero-order valence-corrected chi connectivity index (χ0v) is 15.7. The van der Waals surface area contributed by atoms with Gasteiger partial charge < -0.3 is 10.1 Å². The summed E-state index contributed by atoms with van der Waals surface area (Å²) in [4.78, 5) is 30.1. The second-order valence-corrected chi connectivity index (χ2v) is 7.89. The summed E-state index contributed by atoms with van der Waals surface area (Å²) in [5.74, 6) is -0.168. The Morgan fingerprint density at radius 3 is 2.71 bits per heavy atom. The van der Waals surface area contributed by atoms with E-state index in [0.717, 1.165) is 4.90 Å². The maximum absolute atomic E-state index is 14.4. The van der Waals surface area contributed by atoms with Crippen molar-refractivity contribution >= 4 is 33.7 Å². The molecule has 1 saturated heterocycles. The number of nitrogens with zero attached hydrogens (tertiary/aromatic N) is 2. The Bertz CT molecular complexity index is 646. The van der Waals surface area contributed by atoms with Crippen molar-refractivity contribution in [3.05, 3.63) is 22.8 Å². The molecular formula is C16H21BrFN3O3. The number of hydrogen-bond acceptors (Lipinski definition) is 4. The van der Waals surface area contributed by atoms with Crippen LogP contribution in [0.4, 0.5) is 15.0 Å². The van der Waals surface area contributed by atoms with Crippen molar-refractivity contribution in [1.29, 1.82) is 0 Å². The van der Waals surface area contributed by atoms with Gasteiger partial charge in [-0.3, -0.25) is 9.69 Å². The first-order valence-electron chi connectivity index (χ1n) is 7.59. The molecule has 8 heteroatoms. The first kappa shape index (κ1) is 18.6. The van der Waals surface area contributed by atoms with E-state index >= 15 is 0 Å². The van der Waals surface area contributed by atoms with Crippen molar-refractivity contribution in [2.45, 2.75) is 51.4 Å². The van der Waals surface area contributed by atoms with E-state index < -0.39 is 29.3 Å². The van der Waals surface area contributed by atoms with Gasteiger partial charge in [-0.2, -0.15) is 0 Å².